The number of rotatable bonds is 2. The van der Waals surface area contributed by atoms with Gasteiger partial charge in [0, 0.05) is 26.2 Å². The molecular weight excluding hydrogens is 348 g/mol. The van der Waals surface area contributed by atoms with Gasteiger partial charge in [-0.1, -0.05) is 17.7 Å². The Bertz CT molecular complexity index is 838. The number of carbonyl (C=O) groups is 1. The Morgan fingerprint density at radius 3 is 2.40 bits per heavy atom. The number of anilines is 1. The Morgan fingerprint density at radius 2 is 1.80 bits per heavy atom. The summed E-state index contributed by atoms with van der Waals surface area (Å²) in [5.41, 5.74) is 0.501. The summed E-state index contributed by atoms with van der Waals surface area (Å²) in [6.45, 7) is 1.45. The Hall–Kier alpha value is -2.65. The second-order valence-electron chi connectivity index (χ2n) is 5.65. The highest BCUT2D eigenvalue weighted by atomic mass is 35.5. The zero-order valence-corrected chi connectivity index (χ0v) is 13.9. The minimum absolute atomic E-state index is 0.0746. The molecule has 0 spiro atoms. The summed E-state index contributed by atoms with van der Waals surface area (Å²) in [6, 6.07) is 10.3. The minimum atomic E-state index is -0.655. The molecule has 1 saturated heterocycles. The van der Waals surface area contributed by atoms with E-state index >= 15 is 0 Å². The molecule has 1 amide bonds. The van der Waals surface area contributed by atoms with Crippen LogP contribution < -0.4 is 4.90 Å². The highest BCUT2D eigenvalue weighted by Gasteiger charge is 2.26. The van der Waals surface area contributed by atoms with Gasteiger partial charge in [-0.25, -0.2) is 8.78 Å². The summed E-state index contributed by atoms with van der Waals surface area (Å²) >= 11 is 5.94. The van der Waals surface area contributed by atoms with Gasteiger partial charge in [-0.15, -0.1) is 0 Å². The summed E-state index contributed by atoms with van der Waals surface area (Å²) in [5.74, 6) is -1.60. The molecule has 3 rings (SSSR count). The molecule has 2 aromatic carbocycles. The molecule has 0 bridgehead atoms. The molecule has 0 aliphatic carbocycles. The van der Waals surface area contributed by atoms with Crippen molar-refractivity contribution in [2.24, 2.45) is 0 Å². The van der Waals surface area contributed by atoms with E-state index in [-0.39, 0.29) is 16.1 Å². The SMILES string of the molecule is N#Cc1ccc(N2CCN(C(=O)c3c(F)cccc3Cl)CC2)c(F)c1. The summed E-state index contributed by atoms with van der Waals surface area (Å²) in [5, 5.41) is 8.87. The second-order valence-corrected chi connectivity index (χ2v) is 6.06. The van der Waals surface area contributed by atoms with Gasteiger partial charge in [0.2, 0.25) is 0 Å². The molecule has 0 N–H and O–H groups in total. The number of nitrogens with zero attached hydrogens (tertiary/aromatic N) is 3. The lowest BCUT2D eigenvalue weighted by Gasteiger charge is -2.36. The van der Waals surface area contributed by atoms with Crippen LogP contribution in [0.1, 0.15) is 15.9 Å². The lowest BCUT2D eigenvalue weighted by molar-refractivity contribution is 0.0742. The molecule has 0 unspecified atom stereocenters. The lowest BCUT2D eigenvalue weighted by atomic mass is 10.1. The first kappa shape index (κ1) is 17.2. The molecule has 7 heteroatoms. The fraction of sp³-hybridized carbons (Fsp3) is 0.222. The maximum atomic E-state index is 14.1. The number of piperazine rings is 1. The van der Waals surface area contributed by atoms with Crippen molar-refractivity contribution in [3.63, 3.8) is 0 Å². The van der Waals surface area contributed by atoms with E-state index in [1.54, 1.807) is 17.0 Å². The zero-order chi connectivity index (χ0) is 18.0. The van der Waals surface area contributed by atoms with E-state index in [1.807, 2.05) is 6.07 Å². The summed E-state index contributed by atoms with van der Waals surface area (Å²) in [6.07, 6.45) is 0. The average Bonchev–Trinajstić information content (AvgIpc) is 2.61. The van der Waals surface area contributed by atoms with E-state index in [0.717, 1.165) is 0 Å². The van der Waals surface area contributed by atoms with Crippen molar-refractivity contribution in [2.75, 3.05) is 31.1 Å². The van der Waals surface area contributed by atoms with Gasteiger partial charge in [0.05, 0.1) is 27.9 Å². The molecule has 1 fully saturated rings. The quantitative estimate of drug-likeness (QED) is 0.823. The van der Waals surface area contributed by atoms with Crippen LogP contribution in [-0.4, -0.2) is 37.0 Å². The molecule has 25 heavy (non-hydrogen) atoms. The molecule has 1 heterocycles. The van der Waals surface area contributed by atoms with Crippen LogP contribution in [0.4, 0.5) is 14.5 Å². The van der Waals surface area contributed by atoms with E-state index in [9.17, 15) is 13.6 Å². The zero-order valence-electron chi connectivity index (χ0n) is 13.2. The van der Waals surface area contributed by atoms with Crippen LogP contribution >= 0.6 is 11.6 Å². The number of halogens is 3. The third-order valence-corrected chi connectivity index (χ3v) is 4.48. The van der Waals surface area contributed by atoms with Crippen molar-refractivity contribution in [3.8, 4) is 6.07 Å². The predicted molar refractivity (Wildman–Crippen MR) is 90.6 cm³/mol. The van der Waals surface area contributed by atoms with Crippen molar-refractivity contribution in [2.45, 2.75) is 0 Å². The molecule has 128 valence electrons. The molecule has 1 aliphatic heterocycles. The molecule has 0 saturated carbocycles. The van der Waals surface area contributed by atoms with Gasteiger partial charge in [-0.2, -0.15) is 5.26 Å². The average molecular weight is 362 g/mol. The van der Waals surface area contributed by atoms with Crippen molar-refractivity contribution in [3.05, 3.63) is 64.2 Å². The first-order chi connectivity index (χ1) is 12.0. The van der Waals surface area contributed by atoms with Gasteiger partial charge >= 0.3 is 0 Å². The molecule has 0 aromatic heterocycles. The topological polar surface area (TPSA) is 47.3 Å². The van der Waals surface area contributed by atoms with Gasteiger partial charge in [0.1, 0.15) is 11.6 Å². The normalized spacial score (nSPS) is 14.3. The fourth-order valence-electron chi connectivity index (χ4n) is 2.84. The van der Waals surface area contributed by atoms with E-state index in [1.165, 1.54) is 29.2 Å². The Morgan fingerprint density at radius 1 is 1.08 bits per heavy atom. The fourth-order valence-corrected chi connectivity index (χ4v) is 3.09. The Kier molecular flexibility index (Phi) is 4.86. The van der Waals surface area contributed by atoms with Gasteiger partial charge in [0.25, 0.3) is 5.91 Å². The van der Waals surface area contributed by atoms with Gasteiger partial charge < -0.3 is 9.80 Å². The van der Waals surface area contributed by atoms with Gasteiger partial charge in [-0.05, 0) is 30.3 Å². The number of hydrogen-bond donors (Lipinski definition) is 0. The predicted octanol–water partition coefficient (Wildman–Crippen LogP) is 3.45. The number of nitriles is 1. The second kappa shape index (κ2) is 7.08. The van der Waals surface area contributed by atoms with Crippen molar-refractivity contribution < 1.29 is 13.6 Å². The molecule has 0 atom stereocenters. The highest BCUT2D eigenvalue weighted by molar-refractivity contribution is 6.33. The number of carbonyl (C=O) groups excluding carboxylic acids is 1. The Labute approximate surface area is 148 Å². The third kappa shape index (κ3) is 3.42. The number of amides is 1. The van der Waals surface area contributed by atoms with Gasteiger partial charge in [0.15, 0.2) is 0 Å². The van der Waals surface area contributed by atoms with Gasteiger partial charge in [-0.3, -0.25) is 4.79 Å². The summed E-state index contributed by atoms with van der Waals surface area (Å²) in [4.78, 5) is 15.8. The monoisotopic (exact) mass is 361 g/mol. The summed E-state index contributed by atoms with van der Waals surface area (Å²) in [7, 11) is 0. The van der Waals surface area contributed by atoms with Crippen LogP contribution in [0.15, 0.2) is 36.4 Å². The standard InChI is InChI=1S/C18H14ClF2N3O/c19-13-2-1-3-14(20)17(13)18(25)24-8-6-23(7-9-24)16-5-4-12(11-22)10-15(16)21/h1-5,10H,6-9H2. The first-order valence-corrected chi connectivity index (χ1v) is 8.07. The first-order valence-electron chi connectivity index (χ1n) is 7.69. The lowest BCUT2D eigenvalue weighted by Crippen LogP contribution is -2.49. The molecule has 2 aromatic rings. The highest BCUT2D eigenvalue weighted by Crippen LogP contribution is 2.24. The van der Waals surface area contributed by atoms with Crippen molar-refractivity contribution in [1.82, 2.24) is 4.90 Å². The van der Waals surface area contributed by atoms with Crippen LogP contribution in [-0.2, 0) is 0 Å². The molecule has 1 aliphatic rings. The van der Waals surface area contributed by atoms with E-state index in [4.69, 9.17) is 16.9 Å². The number of benzene rings is 2. The summed E-state index contributed by atoms with van der Waals surface area (Å²) < 4.78 is 28.0. The van der Waals surface area contributed by atoms with Crippen LogP contribution in [0.2, 0.25) is 5.02 Å². The largest absolute Gasteiger partial charge is 0.366 e. The molecule has 4 nitrogen and oxygen atoms in total. The van der Waals surface area contributed by atoms with E-state index in [0.29, 0.717) is 31.9 Å². The maximum absolute atomic E-state index is 14.1. The van der Waals surface area contributed by atoms with Crippen LogP contribution in [0.5, 0.6) is 0 Å². The van der Waals surface area contributed by atoms with Crippen molar-refractivity contribution in [1.29, 1.82) is 5.26 Å². The van der Waals surface area contributed by atoms with Crippen LogP contribution in [0, 0.1) is 23.0 Å². The minimum Gasteiger partial charge on any atom is -0.366 e. The van der Waals surface area contributed by atoms with Crippen LogP contribution in [0.25, 0.3) is 0 Å². The van der Waals surface area contributed by atoms with E-state index < -0.39 is 17.5 Å². The smallest absolute Gasteiger partial charge is 0.258 e. The third-order valence-electron chi connectivity index (χ3n) is 4.16. The van der Waals surface area contributed by atoms with E-state index in [2.05, 4.69) is 0 Å². The van der Waals surface area contributed by atoms with Crippen molar-refractivity contribution >= 4 is 23.2 Å². The molecular formula is C18H14ClF2N3O. The maximum Gasteiger partial charge on any atom is 0.258 e. The number of hydrogen-bond acceptors (Lipinski definition) is 3. The van der Waals surface area contributed by atoms with Crippen LogP contribution in [0.3, 0.4) is 0 Å². The molecule has 0 radical (unpaired) electrons. The Balaban J connectivity index is 1.72.